The second kappa shape index (κ2) is 2.00. The molecule has 1 aliphatic heterocycles. The first kappa shape index (κ1) is 6.71. The highest BCUT2D eigenvalue weighted by molar-refractivity contribution is 5.52. The Labute approximate surface area is 65.8 Å². The molecule has 0 aromatic carbocycles. The minimum absolute atomic E-state index is 0.0181. The van der Waals surface area contributed by atoms with Crippen molar-refractivity contribution in [2.24, 2.45) is 0 Å². The molecule has 0 saturated carbocycles. The van der Waals surface area contributed by atoms with Crippen LogP contribution in [0.5, 0.6) is 0 Å². The van der Waals surface area contributed by atoms with Crippen molar-refractivity contribution in [3.8, 4) is 0 Å². The first-order chi connectivity index (χ1) is 5.23. The number of hydrogen-bond donors (Lipinski definition) is 0. The molecule has 2 rings (SSSR count). The predicted octanol–water partition coefficient (Wildman–Crippen LogP) is 1.40. The lowest BCUT2D eigenvalue weighted by atomic mass is 10.2. The maximum absolute atomic E-state index is 5.38. The molecule has 1 heterocycles. The molecule has 1 fully saturated rings. The zero-order chi connectivity index (χ0) is 7.90. The fraction of sp³-hybridized carbons (Fsp3) is 0.444. The van der Waals surface area contributed by atoms with Crippen LogP contribution in [0, 0.1) is 0 Å². The highest BCUT2D eigenvalue weighted by Crippen LogP contribution is 2.32. The topological polar surface area (TPSA) is 21.8 Å². The van der Waals surface area contributed by atoms with Crippen LogP contribution in [0.1, 0.15) is 6.92 Å². The fourth-order valence-electron chi connectivity index (χ4n) is 0.790. The average Bonchev–Trinajstić information content (AvgIpc) is 2.83. The first-order valence-electron chi connectivity index (χ1n) is 3.62. The number of rotatable bonds is 3. The van der Waals surface area contributed by atoms with Crippen molar-refractivity contribution in [1.82, 2.24) is 0 Å². The van der Waals surface area contributed by atoms with E-state index in [1.165, 1.54) is 0 Å². The molecular weight excluding hydrogens is 140 g/mol. The molecule has 1 atom stereocenters. The molecule has 0 N–H and O–H groups in total. The Balaban J connectivity index is 1.77. The van der Waals surface area contributed by atoms with Gasteiger partial charge in [0.05, 0.1) is 12.2 Å². The van der Waals surface area contributed by atoms with Crippen LogP contribution < -0.4 is 0 Å². The lowest BCUT2D eigenvalue weighted by molar-refractivity contribution is 0.153. The molecule has 0 amide bonds. The molecule has 2 heteroatoms. The minimum atomic E-state index is -0.0181. The molecule has 2 aliphatic rings. The normalized spacial score (nSPS) is 32.5. The van der Waals surface area contributed by atoms with Gasteiger partial charge in [-0.05, 0) is 6.92 Å². The van der Waals surface area contributed by atoms with Crippen molar-refractivity contribution < 1.29 is 9.47 Å². The van der Waals surface area contributed by atoms with E-state index in [-0.39, 0.29) is 5.60 Å². The van der Waals surface area contributed by atoms with Gasteiger partial charge in [0.15, 0.2) is 0 Å². The van der Waals surface area contributed by atoms with Crippen LogP contribution in [0.2, 0.25) is 0 Å². The van der Waals surface area contributed by atoms with Gasteiger partial charge in [0.1, 0.15) is 18.0 Å². The van der Waals surface area contributed by atoms with Crippen molar-refractivity contribution >= 4 is 0 Å². The van der Waals surface area contributed by atoms with E-state index < -0.39 is 0 Å². The summed E-state index contributed by atoms with van der Waals surface area (Å²) in [4.78, 5) is 0. The van der Waals surface area contributed by atoms with Crippen LogP contribution in [0.3, 0.4) is 0 Å². The molecule has 0 aromatic rings. The fourth-order valence-corrected chi connectivity index (χ4v) is 0.790. The lowest BCUT2D eigenvalue weighted by Crippen LogP contribution is -2.12. The maximum atomic E-state index is 5.38. The third kappa shape index (κ3) is 1.37. The number of epoxide rings is 1. The molecule has 2 nitrogen and oxygen atoms in total. The van der Waals surface area contributed by atoms with Gasteiger partial charge >= 0.3 is 0 Å². The van der Waals surface area contributed by atoms with E-state index in [2.05, 4.69) is 12.3 Å². The van der Waals surface area contributed by atoms with Gasteiger partial charge in [-0.25, -0.2) is 0 Å². The zero-order valence-corrected chi connectivity index (χ0v) is 6.52. The third-order valence-corrected chi connectivity index (χ3v) is 1.82. The molecule has 58 valence electrons. The summed E-state index contributed by atoms with van der Waals surface area (Å²) in [5, 5.41) is 0. The van der Waals surface area contributed by atoms with Gasteiger partial charge in [-0.1, -0.05) is 6.58 Å². The van der Waals surface area contributed by atoms with E-state index >= 15 is 0 Å². The Kier molecular flexibility index (Phi) is 1.22. The van der Waals surface area contributed by atoms with Crippen molar-refractivity contribution in [3.63, 3.8) is 0 Å². The Hall–Kier alpha value is -0.980. The minimum Gasteiger partial charge on any atom is -0.489 e. The molecule has 0 bridgehead atoms. The van der Waals surface area contributed by atoms with Crippen LogP contribution >= 0.6 is 0 Å². The third-order valence-electron chi connectivity index (χ3n) is 1.82. The van der Waals surface area contributed by atoms with Gasteiger partial charge in [-0.3, -0.25) is 0 Å². The quantitative estimate of drug-likeness (QED) is 0.448. The molecular formula is C9H10O2. The summed E-state index contributed by atoms with van der Waals surface area (Å²) < 4.78 is 10.5. The van der Waals surface area contributed by atoms with Gasteiger partial charge in [0.25, 0.3) is 0 Å². The highest BCUT2D eigenvalue weighted by Gasteiger charge is 2.41. The SMILES string of the molecule is C=C=C1C=C1OCC1(C)CO1. The smallest absolute Gasteiger partial charge is 0.135 e. The molecule has 1 saturated heterocycles. The summed E-state index contributed by atoms with van der Waals surface area (Å²) in [6.45, 7) is 7.00. The molecule has 1 unspecified atom stereocenters. The predicted molar refractivity (Wildman–Crippen MR) is 41.0 cm³/mol. The van der Waals surface area contributed by atoms with Crippen LogP contribution in [-0.2, 0) is 9.47 Å². The summed E-state index contributed by atoms with van der Waals surface area (Å²) in [5.41, 5.74) is 3.73. The maximum Gasteiger partial charge on any atom is 0.135 e. The van der Waals surface area contributed by atoms with E-state index in [9.17, 15) is 0 Å². The summed E-state index contributed by atoms with van der Waals surface area (Å²) >= 11 is 0. The van der Waals surface area contributed by atoms with E-state index in [1.807, 2.05) is 13.0 Å². The van der Waals surface area contributed by atoms with Crippen LogP contribution in [0.15, 0.2) is 29.7 Å². The summed E-state index contributed by atoms with van der Waals surface area (Å²) in [6, 6.07) is 0. The Morgan fingerprint density at radius 3 is 3.09 bits per heavy atom. The van der Waals surface area contributed by atoms with Crippen LogP contribution in [0.25, 0.3) is 0 Å². The van der Waals surface area contributed by atoms with Gasteiger partial charge in [-0.2, -0.15) is 0 Å². The molecule has 0 radical (unpaired) electrons. The van der Waals surface area contributed by atoms with Gasteiger partial charge < -0.3 is 9.47 Å². The van der Waals surface area contributed by atoms with Gasteiger partial charge in [0, 0.05) is 6.08 Å². The summed E-state index contributed by atoms with van der Waals surface area (Å²) in [7, 11) is 0. The largest absolute Gasteiger partial charge is 0.489 e. The monoisotopic (exact) mass is 150 g/mol. The van der Waals surface area contributed by atoms with Crippen molar-refractivity contribution in [1.29, 1.82) is 0 Å². The standard InChI is InChI=1S/C9H10O2/c1-3-7-4-8(7)10-5-9(2)6-11-9/h4H,1,5-6H2,2H3. The van der Waals surface area contributed by atoms with Crippen molar-refractivity contribution in [2.45, 2.75) is 12.5 Å². The number of ether oxygens (including phenoxy) is 2. The molecule has 11 heavy (non-hydrogen) atoms. The van der Waals surface area contributed by atoms with Gasteiger partial charge in [-0.15, -0.1) is 5.73 Å². The van der Waals surface area contributed by atoms with E-state index in [1.54, 1.807) is 0 Å². The Morgan fingerprint density at radius 1 is 1.91 bits per heavy atom. The van der Waals surface area contributed by atoms with Gasteiger partial charge in [0.2, 0.25) is 0 Å². The Morgan fingerprint density at radius 2 is 2.64 bits per heavy atom. The Bertz CT molecular complexity index is 265. The second-order valence-electron chi connectivity index (χ2n) is 3.13. The summed E-state index contributed by atoms with van der Waals surface area (Å²) in [6.07, 6.45) is 1.92. The molecule has 0 spiro atoms. The van der Waals surface area contributed by atoms with E-state index in [0.717, 1.165) is 17.9 Å². The zero-order valence-electron chi connectivity index (χ0n) is 6.52. The lowest BCUT2D eigenvalue weighted by Gasteiger charge is -2.03. The van der Waals surface area contributed by atoms with Crippen LogP contribution in [-0.4, -0.2) is 18.8 Å². The first-order valence-corrected chi connectivity index (χ1v) is 3.62. The number of allylic oxidation sites excluding steroid dienone is 2. The second-order valence-corrected chi connectivity index (χ2v) is 3.13. The van der Waals surface area contributed by atoms with Crippen molar-refractivity contribution in [3.05, 3.63) is 29.7 Å². The highest BCUT2D eigenvalue weighted by atomic mass is 16.6. The van der Waals surface area contributed by atoms with Crippen LogP contribution in [0.4, 0.5) is 0 Å². The van der Waals surface area contributed by atoms with E-state index in [4.69, 9.17) is 9.47 Å². The van der Waals surface area contributed by atoms with Crippen molar-refractivity contribution in [2.75, 3.05) is 13.2 Å². The average molecular weight is 150 g/mol. The summed E-state index contributed by atoms with van der Waals surface area (Å²) in [5.74, 6) is 0.914. The number of hydrogen-bond acceptors (Lipinski definition) is 2. The molecule has 0 aromatic heterocycles. The molecule has 1 aliphatic carbocycles. The van der Waals surface area contributed by atoms with E-state index in [0.29, 0.717) is 6.61 Å².